The summed E-state index contributed by atoms with van der Waals surface area (Å²) >= 11 is 0. The molecule has 0 unspecified atom stereocenters. The zero-order valence-electron chi connectivity index (χ0n) is 9.50. The molecule has 1 heterocycles. The van der Waals surface area contributed by atoms with Crippen molar-refractivity contribution in [2.45, 2.75) is 33.1 Å². The van der Waals surface area contributed by atoms with E-state index in [-0.39, 0.29) is 0 Å². The Hall–Kier alpha value is -0.570. The van der Waals surface area contributed by atoms with Crippen molar-refractivity contribution in [1.29, 1.82) is 0 Å². The molecular weight excluding hydrogens is 174 g/mol. The van der Waals surface area contributed by atoms with Gasteiger partial charge in [0.05, 0.1) is 5.84 Å². The molecule has 0 saturated carbocycles. The van der Waals surface area contributed by atoms with Gasteiger partial charge in [-0.1, -0.05) is 13.8 Å². The predicted molar refractivity (Wildman–Crippen MR) is 61.6 cm³/mol. The number of nitrogens with two attached hydrogens (primary N) is 1. The van der Waals surface area contributed by atoms with Crippen LogP contribution in [0.15, 0.2) is 4.99 Å². The molecule has 14 heavy (non-hydrogen) atoms. The number of rotatable bonds is 5. The van der Waals surface area contributed by atoms with E-state index in [9.17, 15) is 0 Å². The molecule has 3 nitrogen and oxygen atoms in total. The first-order valence-corrected chi connectivity index (χ1v) is 5.72. The SMILES string of the molecule is CC(C)C(N)=NCCCN1CCCC1. The van der Waals surface area contributed by atoms with Crippen LogP contribution < -0.4 is 5.73 Å². The van der Waals surface area contributed by atoms with Gasteiger partial charge in [0.15, 0.2) is 0 Å². The first kappa shape index (κ1) is 11.5. The molecule has 0 aromatic rings. The van der Waals surface area contributed by atoms with Crippen molar-refractivity contribution >= 4 is 5.84 Å². The van der Waals surface area contributed by atoms with Gasteiger partial charge in [-0.2, -0.15) is 0 Å². The van der Waals surface area contributed by atoms with Crippen molar-refractivity contribution in [2.24, 2.45) is 16.6 Å². The summed E-state index contributed by atoms with van der Waals surface area (Å²) < 4.78 is 0. The normalized spacial score (nSPS) is 19.5. The van der Waals surface area contributed by atoms with Gasteiger partial charge < -0.3 is 10.6 Å². The van der Waals surface area contributed by atoms with Crippen LogP contribution in [0.4, 0.5) is 0 Å². The lowest BCUT2D eigenvalue weighted by molar-refractivity contribution is 0.336. The summed E-state index contributed by atoms with van der Waals surface area (Å²) in [5.41, 5.74) is 5.75. The molecule has 0 atom stereocenters. The molecule has 1 saturated heterocycles. The second-order valence-corrected chi connectivity index (χ2v) is 4.36. The molecule has 0 spiro atoms. The Balaban J connectivity index is 2.06. The molecule has 3 heteroatoms. The van der Waals surface area contributed by atoms with E-state index >= 15 is 0 Å². The summed E-state index contributed by atoms with van der Waals surface area (Å²) in [5, 5.41) is 0. The minimum Gasteiger partial charge on any atom is -0.387 e. The van der Waals surface area contributed by atoms with E-state index in [0.29, 0.717) is 5.92 Å². The van der Waals surface area contributed by atoms with Crippen molar-refractivity contribution in [3.05, 3.63) is 0 Å². The van der Waals surface area contributed by atoms with E-state index in [1.807, 2.05) is 0 Å². The van der Waals surface area contributed by atoms with Crippen LogP contribution in [0.25, 0.3) is 0 Å². The van der Waals surface area contributed by atoms with Crippen molar-refractivity contribution in [3.63, 3.8) is 0 Å². The van der Waals surface area contributed by atoms with Crippen molar-refractivity contribution < 1.29 is 0 Å². The lowest BCUT2D eigenvalue weighted by Crippen LogP contribution is -2.22. The minimum atomic E-state index is 0.391. The number of likely N-dealkylation sites (tertiary alicyclic amines) is 1. The molecule has 0 radical (unpaired) electrons. The molecule has 82 valence electrons. The van der Waals surface area contributed by atoms with E-state index in [0.717, 1.165) is 18.8 Å². The number of hydrogen-bond acceptors (Lipinski definition) is 2. The van der Waals surface area contributed by atoms with Crippen LogP contribution in [0.2, 0.25) is 0 Å². The van der Waals surface area contributed by atoms with Gasteiger partial charge in [-0.05, 0) is 38.9 Å². The summed E-state index contributed by atoms with van der Waals surface area (Å²) in [6, 6.07) is 0. The van der Waals surface area contributed by atoms with Crippen LogP contribution >= 0.6 is 0 Å². The predicted octanol–water partition coefficient (Wildman–Crippen LogP) is 1.49. The van der Waals surface area contributed by atoms with Crippen LogP contribution in [0.1, 0.15) is 33.1 Å². The first-order valence-electron chi connectivity index (χ1n) is 5.72. The molecule has 0 aromatic heterocycles. The Morgan fingerprint density at radius 1 is 1.36 bits per heavy atom. The molecule has 0 aromatic carbocycles. The van der Waals surface area contributed by atoms with Crippen molar-refractivity contribution in [1.82, 2.24) is 4.90 Å². The maximum absolute atomic E-state index is 5.75. The van der Waals surface area contributed by atoms with Crippen LogP contribution in [0.3, 0.4) is 0 Å². The zero-order valence-corrected chi connectivity index (χ0v) is 9.50. The maximum Gasteiger partial charge on any atom is 0.0962 e. The number of amidine groups is 1. The molecule has 2 N–H and O–H groups in total. The maximum atomic E-state index is 5.75. The fraction of sp³-hybridized carbons (Fsp3) is 0.909. The molecule has 1 fully saturated rings. The highest BCUT2D eigenvalue weighted by Crippen LogP contribution is 2.07. The standard InChI is InChI=1S/C11H23N3/c1-10(2)11(12)13-6-5-9-14-7-3-4-8-14/h10H,3-9H2,1-2H3,(H2,12,13). The number of aliphatic imine (C=N–C) groups is 1. The Labute approximate surface area is 87.4 Å². The second-order valence-electron chi connectivity index (χ2n) is 4.36. The molecule has 1 aliphatic heterocycles. The van der Waals surface area contributed by atoms with Gasteiger partial charge in [-0.25, -0.2) is 0 Å². The fourth-order valence-corrected chi connectivity index (χ4v) is 1.69. The van der Waals surface area contributed by atoms with E-state index < -0.39 is 0 Å². The Morgan fingerprint density at radius 2 is 2.00 bits per heavy atom. The zero-order chi connectivity index (χ0) is 10.4. The van der Waals surface area contributed by atoms with E-state index in [1.165, 1.54) is 32.5 Å². The van der Waals surface area contributed by atoms with Crippen LogP contribution in [0.5, 0.6) is 0 Å². The molecule has 0 aliphatic carbocycles. The van der Waals surface area contributed by atoms with Crippen molar-refractivity contribution in [3.8, 4) is 0 Å². The van der Waals surface area contributed by atoms with Crippen LogP contribution in [0, 0.1) is 5.92 Å². The molecule has 0 amide bonds. The summed E-state index contributed by atoms with van der Waals surface area (Å²) in [5.74, 6) is 1.19. The average molecular weight is 197 g/mol. The third-order valence-corrected chi connectivity index (χ3v) is 2.72. The third-order valence-electron chi connectivity index (χ3n) is 2.72. The third kappa shape index (κ3) is 4.09. The molecular formula is C11H23N3. The smallest absolute Gasteiger partial charge is 0.0962 e. The average Bonchev–Trinajstić information content (AvgIpc) is 2.64. The lowest BCUT2D eigenvalue weighted by Gasteiger charge is -2.13. The van der Waals surface area contributed by atoms with Crippen molar-refractivity contribution in [2.75, 3.05) is 26.2 Å². The lowest BCUT2D eigenvalue weighted by atomic mass is 10.2. The highest BCUT2D eigenvalue weighted by Gasteiger charge is 2.09. The topological polar surface area (TPSA) is 41.6 Å². The number of nitrogens with zero attached hydrogens (tertiary/aromatic N) is 2. The van der Waals surface area contributed by atoms with E-state index in [4.69, 9.17) is 5.73 Å². The largest absolute Gasteiger partial charge is 0.387 e. The van der Waals surface area contributed by atoms with Gasteiger partial charge in [0.1, 0.15) is 0 Å². The summed E-state index contributed by atoms with van der Waals surface area (Å²) in [7, 11) is 0. The quantitative estimate of drug-likeness (QED) is 0.412. The van der Waals surface area contributed by atoms with Gasteiger partial charge in [0.25, 0.3) is 0 Å². The highest BCUT2D eigenvalue weighted by atomic mass is 15.1. The summed E-state index contributed by atoms with van der Waals surface area (Å²) in [4.78, 5) is 6.87. The Morgan fingerprint density at radius 3 is 2.57 bits per heavy atom. The Bertz CT molecular complexity index is 181. The summed E-state index contributed by atoms with van der Waals surface area (Å²) in [6.45, 7) is 8.81. The first-order chi connectivity index (χ1) is 6.70. The van der Waals surface area contributed by atoms with Gasteiger partial charge in [0, 0.05) is 12.5 Å². The van der Waals surface area contributed by atoms with E-state index in [1.54, 1.807) is 0 Å². The second kappa shape index (κ2) is 6.02. The highest BCUT2D eigenvalue weighted by molar-refractivity contribution is 5.82. The Kier molecular flexibility index (Phi) is 4.94. The van der Waals surface area contributed by atoms with Crippen LogP contribution in [-0.2, 0) is 0 Å². The van der Waals surface area contributed by atoms with Gasteiger partial charge in [0.2, 0.25) is 0 Å². The van der Waals surface area contributed by atoms with Gasteiger partial charge in [-0.15, -0.1) is 0 Å². The van der Waals surface area contributed by atoms with Gasteiger partial charge in [-0.3, -0.25) is 4.99 Å². The monoisotopic (exact) mass is 197 g/mol. The van der Waals surface area contributed by atoms with Gasteiger partial charge >= 0.3 is 0 Å². The minimum absolute atomic E-state index is 0.391. The van der Waals surface area contributed by atoms with Crippen LogP contribution in [-0.4, -0.2) is 36.9 Å². The summed E-state index contributed by atoms with van der Waals surface area (Å²) in [6.07, 6.45) is 3.89. The fourth-order valence-electron chi connectivity index (χ4n) is 1.69. The molecule has 1 rings (SSSR count). The molecule has 0 bridgehead atoms. The molecule has 1 aliphatic rings. The van der Waals surface area contributed by atoms with E-state index in [2.05, 4.69) is 23.7 Å². The number of hydrogen-bond donors (Lipinski definition) is 1.